The van der Waals surface area contributed by atoms with Crippen molar-refractivity contribution in [3.05, 3.63) is 11.1 Å². The molecular weight excluding hydrogens is 216 g/mol. The van der Waals surface area contributed by atoms with Crippen LogP contribution in [-0.2, 0) is 9.59 Å². The molecule has 0 aliphatic heterocycles. The van der Waals surface area contributed by atoms with E-state index in [4.69, 9.17) is 14.7 Å². The topological polar surface area (TPSA) is 70.5 Å². The van der Waals surface area contributed by atoms with Crippen LogP contribution in [0.2, 0.25) is 0 Å². The molecule has 1 rings (SSSR count). The first-order valence-electron chi connectivity index (χ1n) is 4.39. The number of aliphatic hydroxyl groups excluding tert-OH is 1. The molecule has 1 aromatic rings. The smallest absolute Gasteiger partial charge is 0.373 e. The molecule has 0 unspecified atom stereocenters. The lowest BCUT2D eigenvalue weighted by molar-refractivity contribution is -0.191. The lowest BCUT2D eigenvalue weighted by atomic mass is 10.4. The third kappa shape index (κ3) is 5.96. The van der Waals surface area contributed by atoms with E-state index in [1.807, 2.05) is 19.4 Å². The molecular formula is C9H14N2O3S. The molecule has 5 nitrogen and oxygen atoms in total. The largest absolute Gasteiger partial charge is 0.396 e. The highest BCUT2D eigenvalue weighted by Gasteiger charge is 2.03. The standard InChI is InChI=1S/C8H14N2OS.CO2/c1-7-6-12-8(9-7)10(2)4-3-5-11;2-1-3/h6,11H,3-5H2,1-2H3;. The Morgan fingerprint density at radius 1 is 1.60 bits per heavy atom. The SMILES string of the molecule is Cc1csc(N(C)CCCO)n1.O=C=O. The summed E-state index contributed by atoms with van der Waals surface area (Å²) < 4.78 is 0. The maximum absolute atomic E-state index is 8.62. The second kappa shape index (κ2) is 8.11. The van der Waals surface area contributed by atoms with Crippen molar-refractivity contribution in [1.29, 1.82) is 0 Å². The van der Waals surface area contributed by atoms with E-state index in [-0.39, 0.29) is 12.8 Å². The van der Waals surface area contributed by atoms with Gasteiger partial charge in [-0.3, -0.25) is 0 Å². The molecule has 0 aliphatic carbocycles. The van der Waals surface area contributed by atoms with Crippen LogP contribution in [0.15, 0.2) is 5.38 Å². The quantitative estimate of drug-likeness (QED) is 0.824. The third-order valence-corrected chi connectivity index (χ3v) is 2.66. The summed E-state index contributed by atoms with van der Waals surface area (Å²) in [7, 11) is 1.99. The molecule has 0 amide bonds. The van der Waals surface area contributed by atoms with Gasteiger partial charge in [0.2, 0.25) is 0 Å². The Bertz CT molecular complexity index is 308. The Morgan fingerprint density at radius 2 is 2.20 bits per heavy atom. The van der Waals surface area contributed by atoms with Crippen molar-refractivity contribution in [2.45, 2.75) is 13.3 Å². The molecule has 0 saturated carbocycles. The third-order valence-electron chi connectivity index (χ3n) is 1.59. The first kappa shape index (κ1) is 13.8. The summed E-state index contributed by atoms with van der Waals surface area (Å²) in [5, 5.41) is 11.7. The molecule has 1 aromatic heterocycles. The van der Waals surface area contributed by atoms with Gasteiger partial charge in [0.25, 0.3) is 0 Å². The minimum Gasteiger partial charge on any atom is -0.396 e. The molecule has 0 aromatic carbocycles. The highest BCUT2D eigenvalue weighted by atomic mass is 32.1. The molecule has 15 heavy (non-hydrogen) atoms. The van der Waals surface area contributed by atoms with Gasteiger partial charge in [0, 0.05) is 25.6 Å². The van der Waals surface area contributed by atoms with Gasteiger partial charge in [-0.05, 0) is 13.3 Å². The van der Waals surface area contributed by atoms with Gasteiger partial charge in [-0.15, -0.1) is 11.3 Å². The van der Waals surface area contributed by atoms with Gasteiger partial charge in [0.05, 0.1) is 5.69 Å². The maximum atomic E-state index is 8.62. The van der Waals surface area contributed by atoms with E-state index in [0.717, 1.165) is 23.8 Å². The molecule has 1 heterocycles. The summed E-state index contributed by atoms with van der Waals surface area (Å²) >= 11 is 1.64. The van der Waals surface area contributed by atoms with Crippen molar-refractivity contribution in [3.8, 4) is 0 Å². The average molecular weight is 230 g/mol. The van der Waals surface area contributed by atoms with Crippen molar-refractivity contribution >= 4 is 22.6 Å². The maximum Gasteiger partial charge on any atom is 0.373 e. The van der Waals surface area contributed by atoms with E-state index in [9.17, 15) is 0 Å². The number of aryl methyl sites for hydroxylation is 1. The fourth-order valence-electron chi connectivity index (χ4n) is 0.920. The zero-order chi connectivity index (χ0) is 11.7. The summed E-state index contributed by atoms with van der Waals surface area (Å²) in [5.41, 5.74) is 1.06. The lowest BCUT2D eigenvalue weighted by Crippen LogP contribution is -2.19. The van der Waals surface area contributed by atoms with Gasteiger partial charge in [-0.1, -0.05) is 0 Å². The van der Waals surface area contributed by atoms with Crippen molar-refractivity contribution < 1.29 is 14.7 Å². The van der Waals surface area contributed by atoms with Crippen LogP contribution in [0.1, 0.15) is 12.1 Å². The van der Waals surface area contributed by atoms with Crippen LogP contribution in [0.3, 0.4) is 0 Å². The van der Waals surface area contributed by atoms with E-state index < -0.39 is 0 Å². The van der Waals surface area contributed by atoms with E-state index in [0.29, 0.717) is 0 Å². The van der Waals surface area contributed by atoms with E-state index in [1.54, 1.807) is 11.3 Å². The molecule has 0 radical (unpaired) electrons. The minimum atomic E-state index is 0.245. The van der Waals surface area contributed by atoms with E-state index in [2.05, 4.69) is 9.88 Å². The zero-order valence-corrected chi connectivity index (χ0v) is 9.58. The van der Waals surface area contributed by atoms with Gasteiger partial charge in [-0.2, -0.15) is 9.59 Å². The van der Waals surface area contributed by atoms with Crippen LogP contribution < -0.4 is 4.90 Å². The Balaban J connectivity index is 0.000000583. The van der Waals surface area contributed by atoms with Crippen LogP contribution in [0.4, 0.5) is 5.13 Å². The molecule has 6 heteroatoms. The lowest BCUT2D eigenvalue weighted by Gasteiger charge is -2.13. The number of aliphatic hydroxyl groups is 1. The Morgan fingerprint density at radius 3 is 2.60 bits per heavy atom. The van der Waals surface area contributed by atoms with Gasteiger partial charge >= 0.3 is 6.15 Å². The Kier molecular flexibility index (Phi) is 7.44. The number of hydrogen-bond acceptors (Lipinski definition) is 6. The highest BCUT2D eigenvalue weighted by Crippen LogP contribution is 2.18. The molecule has 0 bridgehead atoms. The normalized spacial score (nSPS) is 8.73. The predicted molar refractivity (Wildman–Crippen MR) is 56.8 cm³/mol. The summed E-state index contributed by atoms with van der Waals surface area (Å²) in [6.45, 7) is 3.10. The number of anilines is 1. The van der Waals surface area contributed by atoms with Gasteiger partial charge < -0.3 is 10.0 Å². The van der Waals surface area contributed by atoms with E-state index >= 15 is 0 Å². The van der Waals surface area contributed by atoms with Crippen molar-refractivity contribution in [2.75, 3.05) is 25.1 Å². The van der Waals surface area contributed by atoms with Crippen molar-refractivity contribution in [1.82, 2.24) is 4.98 Å². The molecule has 0 atom stereocenters. The number of aromatic nitrogens is 1. The molecule has 0 spiro atoms. The van der Waals surface area contributed by atoms with Gasteiger partial charge in [0.1, 0.15) is 0 Å². The van der Waals surface area contributed by atoms with Crippen LogP contribution in [0, 0.1) is 6.92 Å². The molecule has 0 fully saturated rings. The minimum absolute atomic E-state index is 0.245. The summed E-state index contributed by atoms with van der Waals surface area (Å²) in [6.07, 6.45) is 1.05. The number of rotatable bonds is 4. The number of hydrogen-bond donors (Lipinski definition) is 1. The van der Waals surface area contributed by atoms with Crippen molar-refractivity contribution in [3.63, 3.8) is 0 Å². The van der Waals surface area contributed by atoms with Crippen LogP contribution >= 0.6 is 11.3 Å². The second-order valence-electron chi connectivity index (χ2n) is 2.85. The Labute approximate surface area is 92.4 Å². The summed E-state index contributed by atoms with van der Waals surface area (Å²) in [5.74, 6) is 0. The number of carbonyl (C=O) groups excluding carboxylic acids is 2. The fourth-order valence-corrected chi connectivity index (χ4v) is 1.72. The number of nitrogens with zero attached hydrogens (tertiary/aromatic N) is 2. The van der Waals surface area contributed by atoms with Crippen LogP contribution in [0.25, 0.3) is 0 Å². The average Bonchev–Trinajstić information content (AvgIpc) is 2.62. The molecule has 0 aliphatic rings. The van der Waals surface area contributed by atoms with Gasteiger partial charge in [-0.25, -0.2) is 4.98 Å². The molecule has 1 N–H and O–H groups in total. The summed E-state index contributed by atoms with van der Waals surface area (Å²) in [4.78, 5) is 22.6. The van der Waals surface area contributed by atoms with Crippen LogP contribution in [0.5, 0.6) is 0 Å². The second-order valence-corrected chi connectivity index (χ2v) is 3.69. The molecule has 84 valence electrons. The van der Waals surface area contributed by atoms with Crippen LogP contribution in [-0.4, -0.2) is 36.4 Å². The Hall–Kier alpha value is -1.23. The first-order valence-corrected chi connectivity index (χ1v) is 5.27. The zero-order valence-electron chi connectivity index (χ0n) is 8.77. The monoisotopic (exact) mass is 230 g/mol. The van der Waals surface area contributed by atoms with Crippen molar-refractivity contribution in [2.24, 2.45) is 0 Å². The fraction of sp³-hybridized carbons (Fsp3) is 0.556. The first-order chi connectivity index (χ1) is 7.15. The predicted octanol–water partition coefficient (Wildman–Crippen LogP) is 0.687. The number of thiazole rings is 1. The van der Waals surface area contributed by atoms with E-state index in [1.165, 1.54) is 0 Å². The summed E-state index contributed by atoms with van der Waals surface area (Å²) in [6, 6.07) is 0. The van der Waals surface area contributed by atoms with Gasteiger partial charge in [0.15, 0.2) is 5.13 Å². The highest BCUT2D eigenvalue weighted by molar-refractivity contribution is 7.13. The molecule has 0 saturated heterocycles.